The summed E-state index contributed by atoms with van der Waals surface area (Å²) in [6, 6.07) is 52.7. The molecule has 0 spiro atoms. The van der Waals surface area contributed by atoms with Crippen LogP contribution in [0, 0.1) is 0 Å². The Labute approximate surface area is 252 Å². The summed E-state index contributed by atoms with van der Waals surface area (Å²) in [6.07, 6.45) is 1.90. The molecule has 0 atom stereocenters. The van der Waals surface area contributed by atoms with E-state index in [1.54, 1.807) is 0 Å². The zero-order valence-corrected chi connectivity index (χ0v) is 23.8. The van der Waals surface area contributed by atoms with Crippen molar-refractivity contribution in [2.75, 3.05) is 0 Å². The van der Waals surface area contributed by atoms with Gasteiger partial charge in [-0.1, -0.05) is 91.0 Å². The molecule has 10 rings (SSSR count). The average Bonchev–Trinajstić information content (AvgIpc) is 3.63. The number of rotatable bonds is 2. The Morgan fingerprint density at radius 3 is 1.70 bits per heavy atom. The minimum Gasteiger partial charge on any atom is -0.309 e. The Morgan fingerprint density at radius 2 is 0.932 bits per heavy atom. The molecule has 0 N–H and O–H groups in total. The summed E-state index contributed by atoms with van der Waals surface area (Å²) in [7, 11) is 0. The SMILES string of the molecule is c1ccc2c(c1)ccc1c2c2ccccc2n1-c1ccc(-n2c3ccccc3c3c4ccccc4c4ncccc4c32)cc1. The highest BCUT2D eigenvalue weighted by Gasteiger charge is 2.20. The van der Waals surface area contributed by atoms with Gasteiger partial charge in [-0.15, -0.1) is 0 Å². The van der Waals surface area contributed by atoms with Crippen molar-refractivity contribution in [3.05, 3.63) is 152 Å². The molecule has 0 bridgehead atoms. The number of para-hydroxylation sites is 2. The van der Waals surface area contributed by atoms with Crippen molar-refractivity contribution in [3.8, 4) is 11.4 Å². The second-order valence-electron chi connectivity index (χ2n) is 11.6. The molecule has 3 nitrogen and oxygen atoms in total. The first-order valence-corrected chi connectivity index (χ1v) is 15.1. The lowest BCUT2D eigenvalue weighted by atomic mass is 10.00. The van der Waals surface area contributed by atoms with Crippen molar-refractivity contribution in [3.63, 3.8) is 0 Å². The van der Waals surface area contributed by atoms with Crippen LogP contribution >= 0.6 is 0 Å². The molecule has 0 aliphatic carbocycles. The van der Waals surface area contributed by atoms with Gasteiger partial charge in [-0.05, 0) is 70.8 Å². The van der Waals surface area contributed by atoms with Crippen LogP contribution < -0.4 is 0 Å². The molecular formula is C41H25N3. The van der Waals surface area contributed by atoms with E-state index in [1.807, 2.05) is 12.3 Å². The quantitative estimate of drug-likeness (QED) is 0.193. The van der Waals surface area contributed by atoms with Gasteiger partial charge in [0.1, 0.15) is 0 Å². The van der Waals surface area contributed by atoms with Crippen LogP contribution in [0.5, 0.6) is 0 Å². The van der Waals surface area contributed by atoms with Crippen molar-refractivity contribution in [2.24, 2.45) is 0 Å². The summed E-state index contributed by atoms with van der Waals surface area (Å²) in [5.74, 6) is 0. The smallest absolute Gasteiger partial charge is 0.0801 e. The van der Waals surface area contributed by atoms with Crippen LogP contribution in [-0.2, 0) is 0 Å². The third-order valence-electron chi connectivity index (χ3n) is 9.32. The summed E-state index contributed by atoms with van der Waals surface area (Å²) in [4.78, 5) is 4.88. The highest BCUT2D eigenvalue weighted by atomic mass is 15.0. The zero-order chi connectivity index (χ0) is 28.8. The maximum atomic E-state index is 4.88. The van der Waals surface area contributed by atoms with Crippen molar-refractivity contribution < 1.29 is 0 Å². The van der Waals surface area contributed by atoms with E-state index in [2.05, 4.69) is 149 Å². The summed E-state index contributed by atoms with van der Waals surface area (Å²) in [5, 5.41) is 11.2. The Hall–Kier alpha value is -5.93. The lowest BCUT2D eigenvalue weighted by Crippen LogP contribution is -1.98. The summed E-state index contributed by atoms with van der Waals surface area (Å²) in [6.45, 7) is 0. The molecule has 3 heterocycles. The number of fused-ring (bicyclic) bond motifs is 13. The Kier molecular flexibility index (Phi) is 4.72. The molecule has 0 saturated heterocycles. The average molecular weight is 560 g/mol. The number of aromatic nitrogens is 3. The van der Waals surface area contributed by atoms with Crippen molar-refractivity contribution in [1.82, 2.24) is 14.1 Å². The van der Waals surface area contributed by atoms with Gasteiger partial charge in [-0.2, -0.15) is 0 Å². The molecule has 0 aliphatic heterocycles. The fraction of sp³-hybridized carbons (Fsp3) is 0. The standard InChI is InChI=1S/C41H25N3/c1-2-11-29-26(10-1)19-24-37-38(29)32-14-5-7-17-35(32)43(37)27-20-22-28(23-21-27)44-36-18-8-6-15-33(36)39-30-12-3-4-13-31(30)40-34(41(39)44)16-9-25-42-40/h1-25H. The molecule has 0 saturated carbocycles. The van der Waals surface area contributed by atoms with Crippen LogP contribution in [0.1, 0.15) is 0 Å². The first kappa shape index (κ1) is 23.6. The number of hydrogen-bond acceptors (Lipinski definition) is 1. The molecule has 0 fully saturated rings. The maximum Gasteiger partial charge on any atom is 0.0801 e. The summed E-state index contributed by atoms with van der Waals surface area (Å²) < 4.78 is 4.82. The van der Waals surface area contributed by atoms with E-state index in [0.29, 0.717) is 0 Å². The summed E-state index contributed by atoms with van der Waals surface area (Å²) >= 11 is 0. The van der Waals surface area contributed by atoms with Crippen molar-refractivity contribution >= 4 is 76.1 Å². The van der Waals surface area contributed by atoms with Crippen molar-refractivity contribution in [1.29, 1.82) is 0 Å². The van der Waals surface area contributed by atoms with Gasteiger partial charge in [0.15, 0.2) is 0 Å². The van der Waals surface area contributed by atoms with Gasteiger partial charge < -0.3 is 9.13 Å². The third kappa shape index (κ3) is 3.08. The number of hydrogen-bond donors (Lipinski definition) is 0. The Bertz CT molecular complexity index is 2760. The van der Waals surface area contributed by atoms with Gasteiger partial charge in [-0.3, -0.25) is 4.98 Å². The normalized spacial score (nSPS) is 12.1. The Balaban J connectivity index is 1.27. The second kappa shape index (κ2) is 8.79. The van der Waals surface area contributed by atoms with Crippen LogP contribution in [0.2, 0.25) is 0 Å². The minimum atomic E-state index is 1.04. The highest BCUT2D eigenvalue weighted by Crippen LogP contribution is 2.42. The van der Waals surface area contributed by atoms with Gasteiger partial charge in [0.25, 0.3) is 0 Å². The van der Waals surface area contributed by atoms with Gasteiger partial charge in [-0.25, -0.2) is 0 Å². The molecule has 204 valence electrons. The lowest BCUT2D eigenvalue weighted by molar-refractivity contribution is 1.15. The predicted octanol–water partition coefficient (Wildman–Crippen LogP) is 10.7. The molecule has 3 heteroatoms. The molecule has 10 aromatic rings. The highest BCUT2D eigenvalue weighted by molar-refractivity contribution is 6.31. The Morgan fingerprint density at radius 1 is 0.364 bits per heavy atom. The van der Waals surface area contributed by atoms with Crippen LogP contribution in [0.3, 0.4) is 0 Å². The van der Waals surface area contributed by atoms with E-state index >= 15 is 0 Å². The number of pyridine rings is 1. The number of benzene rings is 7. The maximum absolute atomic E-state index is 4.88. The molecule has 3 aromatic heterocycles. The molecular weight excluding hydrogens is 534 g/mol. The molecule has 0 unspecified atom stereocenters. The zero-order valence-electron chi connectivity index (χ0n) is 23.8. The molecule has 0 radical (unpaired) electrons. The third-order valence-corrected chi connectivity index (χ3v) is 9.32. The molecule has 44 heavy (non-hydrogen) atoms. The summed E-state index contributed by atoms with van der Waals surface area (Å²) in [5.41, 5.74) is 8.14. The van der Waals surface area contributed by atoms with Gasteiger partial charge in [0, 0.05) is 49.9 Å². The molecule has 0 aliphatic rings. The van der Waals surface area contributed by atoms with Crippen LogP contribution in [0.4, 0.5) is 0 Å². The van der Waals surface area contributed by atoms with Gasteiger partial charge >= 0.3 is 0 Å². The first-order valence-electron chi connectivity index (χ1n) is 15.1. The largest absolute Gasteiger partial charge is 0.309 e. The molecule has 0 amide bonds. The second-order valence-corrected chi connectivity index (χ2v) is 11.6. The fourth-order valence-corrected chi connectivity index (χ4v) is 7.52. The van der Waals surface area contributed by atoms with E-state index in [-0.39, 0.29) is 0 Å². The monoisotopic (exact) mass is 559 g/mol. The number of nitrogens with zero attached hydrogens (tertiary/aromatic N) is 3. The lowest BCUT2D eigenvalue weighted by Gasteiger charge is -2.13. The van der Waals surface area contributed by atoms with E-state index in [1.165, 1.54) is 65.2 Å². The van der Waals surface area contributed by atoms with Crippen LogP contribution in [-0.4, -0.2) is 14.1 Å². The van der Waals surface area contributed by atoms with Gasteiger partial charge in [0.2, 0.25) is 0 Å². The molecule has 7 aromatic carbocycles. The fourth-order valence-electron chi connectivity index (χ4n) is 7.52. The van der Waals surface area contributed by atoms with Gasteiger partial charge in [0.05, 0.1) is 27.6 Å². The van der Waals surface area contributed by atoms with E-state index in [9.17, 15) is 0 Å². The van der Waals surface area contributed by atoms with E-state index in [0.717, 1.165) is 22.3 Å². The predicted molar refractivity (Wildman–Crippen MR) is 185 cm³/mol. The first-order chi connectivity index (χ1) is 21.9. The van der Waals surface area contributed by atoms with Crippen LogP contribution in [0.15, 0.2) is 152 Å². The van der Waals surface area contributed by atoms with E-state index < -0.39 is 0 Å². The van der Waals surface area contributed by atoms with Crippen molar-refractivity contribution in [2.45, 2.75) is 0 Å². The topological polar surface area (TPSA) is 22.8 Å². The minimum absolute atomic E-state index is 1.04. The van der Waals surface area contributed by atoms with Crippen LogP contribution in [0.25, 0.3) is 87.4 Å². The van der Waals surface area contributed by atoms with E-state index in [4.69, 9.17) is 4.98 Å².